The SMILES string of the molecule is CC1C(C)C(C)C(N(C)C)C(I)C1C.I.N. The van der Waals surface area contributed by atoms with E-state index in [1.807, 2.05) is 0 Å². The van der Waals surface area contributed by atoms with Crippen LogP contribution in [0.4, 0.5) is 0 Å². The highest BCUT2D eigenvalue weighted by atomic mass is 127. The second-order valence-corrected chi connectivity index (χ2v) is 6.77. The molecule has 100 valence electrons. The molecule has 1 aliphatic carbocycles. The van der Waals surface area contributed by atoms with Crippen LogP contribution in [0.3, 0.4) is 0 Å². The molecular weight excluding hydrogens is 426 g/mol. The summed E-state index contributed by atoms with van der Waals surface area (Å²) in [6, 6.07) is 0.747. The third-order valence-electron chi connectivity index (χ3n) is 4.45. The maximum Gasteiger partial charge on any atom is 0.0296 e. The molecule has 1 saturated carbocycles. The van der Waals surface area contributed by atoms with Gasteiger partial charge < -0.3 is 11.1 Å². The van der Waals surface area contributed by atoms with E-state index in [-0.39, 0.29) is 30.1 Å². The third kappa shape index (κ3) is 3.68. The van der Waals surface area contributed by atoms with Crippen molar-refractivity contribution in [2.45, 2.75) is 37.7 Å². The van der Waals surface area contributed by atoms with Gasteiger partial charge in [0.05, 0.1) is 0 Å². The van der Waals surface area contributed by atoms with Gasteiger partial charge in [0.1, 0.15) is 0 Å². The molecule has 1 fully saturated rings. The lowest BCUT2D eigenvalue weighted by Crippen LogP contribution is -2.52. The minimum atomic E-state index is 0. The van der Waals surface area contributed by atoms with Gasteiger partial charge in [-0.15, -0.1) is 24.0 Å². The van der Waals surface area contributed by atoms with Crippen LogP contribution in [0.5, 0.6) is 0 Å². The standard InChI is InChI=1S/C12H24IN.HI.H3N/c1-7-8(2)10(4)12(14(5)6)11(13)9(7)3;;/h7-12H,1-6H3;1H;1H3. The van der Waals surface area contributed by atoms with Crippen LogP contribution in [-0.4, -0.2) is 29.0 Å². The van der Waals surface area contributed by atoms with Gasteiger partial charge in [0, 0.05) is 9.97 Å². The van der Waals surface area contributed by atoms with Gasteiger partial charge in [0.15, 0.2) is 0 Å². The third-order valence-corrected chi connectivity index (χ3v) is 6.32. The zero-order valence-electron chi connectivity index (χ0n) is 11.4. The molecule has 3 N–H and O–H groups in total. The number of alkyl halides is 1. The molecule has 0 saturated heterocycles. The van der Waals surface area contributed by atoms with Gasteiger partial charge in [0.25, 0.3) is 0 Å². The van der Waals surface area contributed by atoms with Crippen molar-refractivity contribution >= 4 is 46.6 Å². The summed E-state index contributed by atoms with van der Waals surface area (Å²) in [5, 5.41) is 0. The zero-order chi connectivity index (χ0) is 11.0. The number of hydrogen-bond acceptors (Lipinski definition) is 2. The van der Waals surface area contributed by atoms with E-state index in [0.29, 0.717) is 0 Å². The van der Waals surface area contributed by atoms with Gasteiger partial charge in [-0.05, 0) is 37.8 Å². The first kappa shape index (κ1) is 19.7. The van der Waals surface area contributed by atoms with Crippen LogP contribution >= 0.6 is 46.6 Å². The van der Waals surface area contributed by atoms with E-state index in [0.717, 1.165) is 33.6 Å². The molecule has 0 bridgehead atoms. The average molecular weight is 454 g/mol. The Bertz CT molecular complexity index is 183. The Balaban J connectivity index is 0. The Hall–Kier alpha value is 1.38. The zero-order valence-corrected chi connectivity index (χ0v) is 15.9. The van der Waals surface area contributed by atoms with Crippen molar-refractivity contribution < 1.29 is 0 Å². The first-order valence-corrected chi connectivity index (χ1v) is 6.93. The van der Waals surface area contributed by atoms with Gasteiger partial charge in [-0.25, -0.2) is 0 Å². The van der Waals surface area contributed by atoms with Crippen LogP contribution in [0.15, 0.2) is 0 Å². The maximum atomic E-state index is 2.66. The van der Waals surface area contributed by atoms with Crippen LogP contribution in [0.25, 0.3) is 0 Å². The van der Waals surface area contributed by atoms with Crippen molar-refractivity contribution in [3.63, 3.8) is 0 Å². The van der Waals surface area contributed by atoms with E-state index in [1.54, 1.807) is 0 Å². The summed E-state index contributed by atoms with van der Waals surface area (Å²) < 4.78 is 0.795. The second-order valence-electron chi connectivity index (χ2n) is 5.34. The lowest BCUT2D eigenvalue weighted by molar-refractivity contribution is 0.0601. The van der Waals surface area contributed by atoms with E-state index in [1.165, 1.54) is 0 Å². The number of hydrogen-bond donors (Lipinski definition) is 1. The van der Waals surface area contributed by atoms with Crippen molar-refractivity contribution in [2.24, 2.45) is 23.7 Å². The predicted molar refractivity (Wildman–Crippen MR) is 92.4 cm³/mol. The molecule has 6 unspecified atom stereocenters. The summed E-state index contributed by atoms with van der Waals surface area (Å²) >= 11 is 2.66. The first-order chi connectivity index (χ1) is 6.37. The predicted octanol–water partition coefficient (Wildman–Crippen LogP) is 4.06. The fourth-order valence-electron chi connectivity index (χ4n) is 2.91. The molecule has 0 spiro atoms. The Morgan fingerprint density at radius 2 is 1.19 bits per heavy atom. The summed E-state index contributed by atoms with van der Waals surface area (Å²) in [5.74, 6) is 3.37. The largest absolute Gasteiger partial charge is 0.344 e. The van der Waals surface area contributed by atoms with E-state index >= 15 is 0 Å². The highest BCUT2D eigenvalue weighted by Crippen LogP contribution is 2.43. The molecule has 6 atom stereocenters. The molecule has 0 aromatic heterocycles. The van der Waals surface area contributed by atoms with Crippen LogP contribution in [0, 0.1) is 23.7 Å². The molecule has 0 aromatic carbocycles. The van der Waals surface area contributed by atoms with Crippen LogP contribution in [-0.2, 0) is 0 Å². The fraction of sp³-hybridized carbons (Fsp3) is 1.00. The quantitative estimate of drug-likeness (QED) is 0.480. The summed E-state index contributed by atoms with van der Waals surface area (Å²) in [5.41, 5.74) is 0. The molecular formula is C12H28I2N2. The molecule has 1 aliphatic rings. The molecule has 0 aliphatic heterocycles. The minimum absolute atomic E-state index is 0. The smallest absolute Gasteiger partial charge is 0.0296 e. The second kappa shape index (κ2) is 7.74. The Labute approximate surface area is 132 Å². The van der Waals surface area contributed by atoms with E-state index in [2.05, 4.69) is 69.3 Å². The summed E-state index contributed by atoms with van der Waals surface area (Å²) in [4.78, 5) is 2.42. The highest BCUT2D eigenvalue weighted by Gasteiger charge is 2.42. The molecule has 2 nitrogen and oxygen atoms in total. The Morgan fingerprint density at radius 3 is 1.56 bits per heavy atom. The molecule has 0 aromatic rings. The lowest BCUT2D eigenvalue weighted by atomic mass is 9.66. The molecule has 0 radical (unpaired) electrons. The van der Waals surface area contributed by atoms with Crippen LogP contribution in [0.2, 0.25) is 0 Å². The molecule has 0 amide bonds. The monoisotopic (exact) mass is 454 g/mol. The van der Waals surface area contributed by atoms with Gasteiger partial charge in [-0.1, -0.05) is 50.3 Å². The van der Waals surface area contributed by atoms with Gasteiger partial charge in [-0.3, -0.25) is 0 Å². The summed E-state index contributed by atoms with van der Waals surface area (Å²) in [6.45, 7) is 9.68. The number of nitrogens with zero attached hydrogens (tertiary/aromatic N) is 1. The Morgan fingerprint density at radius 1 is 0.812 bits per heavy atom. The van der Waals surface area contributed by atoms with Crippen molar-refractivity contribution in [1.82, 2.24) is 11.1 Å². The fourth-order valence-corrected chi connectivity index (χ4v) is 4.87. The number of halogens is 2. The average Bonchev–Trinajstić information content (AvgIpc) is 2.11. The summed E-state index contributed by atoms with van der Waals surface area (Å²) in [7, 11) is 4.45. The first-order valence-electron chi connectivity index (χ1n) is 5.68. The number of rotatable bonds is 1. The maximum absolute atomic E-state index is 2.66. The lowest BCUT2D eigenvalue weighted by Gasteiger charge is -2.48. The van der Waals surface area contributed by atoms with Gasteiger partial charge in [-0.2, -0.15) is 0 Å². The van der Waals surface area contributed by atoms with Crippen molar-refractivity contribution in [2.75, 3.05) is 14.1 Å². The topological polar surface area (TPSA) is 38.2 Å². The minimum Gasteiger partial charge on any atom is -0.344 e. The molecule has 16 heavy (non-hydrogen) atoms. The molecule has 4 heteroatoms. The highest BCUT2D eigenvalue weighted by molar-refractivity contribution is 14.1. The van der Waals surface area contributed by atoms with Crippen molar-refractivity contribution in [3.05, 3.63) is 0 Å². The van der Waals surface area contributed by atoms with Gasteiger partial charge in [0.2, 0.25) is 0 Å². The molecule has 1 rings (SSSR count). The van der Waals surface area contributed by atoms with Crippen LogP contribution in [0.1, 0.15) is 27.7 Å². The van der Waals surface area contributed by atoms with Crippen LogP contribution < -0.4 is 6.15 Å². The van der Waals surface area contributed by atoms with Crippen molar-refractivity contribution in [1.29, 1.82) is 0 Å². The molecule has 0 heterocycles. The van der Waals surface area contributed by atoms with E-state index in [4.69, 9.17) is 0 Å². The Kier molecular flexibility index (Phi) is 9.53. The van der Waals surface area contributed by atoms with Crippen molar-refractivity contribution in [3.8, 4) is 0 Å². The normalized spacial score (nSPS) is 43.5. The van der Waals surface area contributed by atoms with Gasteiger partial charge >= 0.3 is 0 Å². The van der Waals surface area contributed by atoms with E-state index in [9.17, 15) is 0 Å². The van der Waals surface area contributed by atoms with E-state index < -0.39 is 0 Å². The summed E-state index contributed by atoms with van der Waals surface area (Å²) in [6.07, 6.45) is 0.